The van der Waals surface area contributed by atoms with E-state index in [1.165, 1.54) is 12.1 Å². The van der Waals surface area contributed by atoms with Crippen LogP contribution in [-0.2, 0) is 16.0 Å². The molecule has 1 fully saturated rings. The Hall–Kier alpha value is -3.49. The number of rotatable bonds is 4. The number of esters is 1. The van der Waals surface area contributed by atoms with E-state index in [4.69, 9.17) is 4.74 Å². The molecule has 4 rings (SSSR count). The van der Waals surface area contributed by atoms with E-state index in [2.05, 4.69) is 10.1 Å². The topological polar surface area (TPSA) is 67.9 Å². The second kappa shape index (κ2) is 8.33. The number of nitrogens with zero attached hydrogens (tertiary/aromatic N) is 1. The van der Waals surface area contributed by atoms with Crippen LogP contribution in [0.25, 0.3) is 0 Å². The van der Waals surface area contributed by atoms with Gasteiger partial charge in [0.25, 0.3) is 0 Å². The number of alkyl halides is 3. The Morgan fingerprint density at radius 3 is 2.48 bits per heavy atom. The molecule has 9 heteroatoms. The third-order valence-corrected chi connectivity index (χ3v) is 5.07. The van der Waals surface area contributed by atoms with Crippen molar-refractivity contribution in [2.24, 2.45) is 0 Å². The fourth-order valence-corrected chi connectivity index (χ4v) is 3.61. The zero-order valence-electron chi connectivity index (χ0n) is 16.4. The highest BCUT2D eigenvalue weighted by Crippen LogP contribution is 2.30. The SMILES string of the molecule is O=C(C=C1CCN(c2ccc(OC(F)(F)F)cc2)CC1)Nc1ccc2c(c1)OC(=O)C2. The zero-order valence-corrected chi connectivity index (χ0v) is 16.4. The maximum Gasteiger partial charge on any atom is 0.573 e. The van der Waals surface area contributed by atoms with Gasteiger partial charge in [-0.05, 0) is 43.2 Å². The van der Waals surface area contributed by atoms with E-state index in [0.29, 0.717) is 37.4 Å². The van der Waals surface area contributed by atoms with Crippen LogP contribution < -0.4 is 19.7 Å². The van der Waals surface area contributed by atoms with Gasteiger partial charge in [0.15, 0.2) is 0 Å². The smallest absolute Gasteiger partial charge is 0.426 e. The first-order valence-electron chi connectivity index (χ1n) is 9.70. The van der Waals surface area contributed by atoms with E-state index in [1.54, 1.807) is 36.4 Å². The fourth-order valence-electron chi connectivity index (χ4n) is 3.61. The second-order valence-electron chi connectivity index (χ2n) is 7.29. The van der Waals surface area contributed by atoms with Crippen LogP contribution in [0, 0.1) is 0 Å². The van der Waals surface area contributed by atoms with Crippen LogP contribution in [0.3, 0.4) is 0 Å². The van der Waals surface area contributed by atoms with Crippen LogP contribution >= 0.6 is 0 Å². The van der Waals surface area contributed by atoms with Crippen molar-refractivity contribution in [1.29, 1.82) is 0 Å². The number of carbonyl (C=O) groups is 2. The molecule has 1 amide bonds. The molecule has 2 aliphatic rings. The fraction of sp³-hybridized carbons (Fsp3) is 0.273. The first-order valence-corrected chi connectivity index (χ1v) is 9.70. The van der Waals surface area contributed by atoms with Crippen molar-refractivity contribution in [3.8, 4) is 11.5 Å². The summed E-state index contributed by atoms with van der Waals surface area (Å²) in [4.78, 5) is 25.7. The lowest BCUT2D eigenvalue weighted by molar-refractivity contribution is -0.274. The van der Waals surface area contributed by atoms with Crippen molar-refractivity contribution in [3.63, 3.8) is 0 Å². The Kier molecular flexibility index (Phi) is 5.58. The molecule has 0 saturated carbocycles. The van der Waals surface area contributed by atoms with Gasteiger partial charge in [-0.2, -0.15) is 0 Å². The third kappa shape index (κ3) is 5.36. The molecule has 1 saturated heterocycles. The number of piperidine rings is 1. The minimum absolute atomic E-state index is 0.238. The standard InChI is InChI=1S/C22H19F3N2O4/c23-22(24,25)31-18-5-3-17(4-6-18)27-9-7-14(8-10-27)11-20(28)26-16-2-1-15-12-21(29)30-19(15)13-16/h1-6,11,13H,7-10,12H2,(H,26,28). The van der Waals surface area contributed by atoms with E-state index in [1.807, 2.05) is 4.90 Å². The lowest BCUT2D eigenvalue weighted by atomic mass is 10.0. The minimum atomic E-state index is -4.71. The lowest BCUT2D eigenvalue weighted by Crippen LogP contribution is -2.30. The number of ether oxygens (including phenoxy) is 2. The highest BCUT2D eigenvalue weighted by atomic mass is 19.4. The maximum absolute atomic E-state index is 12.3. The summed E-state index contributed by atoms with van der Waals surface area (Å²) in [6, 6.07) is 10.9. The van der Waals surface area contributed by atoms with Crippen molar-refractivity contribution < 1.29 is 32.2 Å². The van der Waals surface area contributed by atoms with Gasteiger partial charge in [-0.15, -0.1) is 13.2 Å². The molecule has 2 aromatic carbocycles. The number of halogens is 3. The second-order valence-corrected chi connectivity index (χ2v) is 7.29. The number of carbonyl (C=O) groups excluding carboxylic acids is 2. The predicted octanol–water partition coefficient (Wildman–Crippen LogP) is 4.21. The van der Waals surface area contributed by atoms with Crippen LogP contribution in [0.4, 0.5) is 24.5 Å². The molecule has 2 heterocycles. The first kappa shape index (κ1) is 20.8. The van der Waals surface area contributed by atoms with Crippen molar-refractivity contribution in [3.05, 3.63) is 59.7 Å². The monoisotopic (exact) mass is 432 g/mol. The molecule has 2 aromatic rings. The van der Waals surface area contributed by atoms with Crippen molar-refractivity contribution in [2.75, 3.05) is 23.3 Å². The molecule has 0 bridgehead atoms. The number of anilines is 2. The Bertz CT molecular complexity index is 1020. The first-order chi connectivity index (χ1) is 14.7. The van der Waals surface area contributed by atoms with Gasteiger partial charge in [-0.1, -0.05) is 11.6 Å². The van der Waals surface area contributed by atoms with Crippen molar-refractivity contribution in [1.82, 2.24) is 0 Å². The number of amides is 1. The molecule has 0 unspecified atom stereocenters. The molecule has 0 radical (unpaired) electrons. The molecule has 1 N–H and O–H groups in total. The highest BCUT2D eigenvalue weighted by molar-refractivity contribution is 6.00. The summed E-state index contributed by atoms with van der Waals surface area (Å²) in [5.41, 5.74) is 3.13. The Labute approximate surface area is 176 Å². The summed E-state index contributed by atoms with van der Waals surface area (Å²) in [6.45, 7) is 1.29. The van der Waals surface area contributed by atoms with Gasteiger partial charge in [-0.25, -0.2) is 0 Å². The average molecular weight is 432 g/mol. The number of fused-ring (bicyclic) bond motifs is 1. The number of hydrogen-bond acceptors (Lipinski definition) is 5. The van der Waals surface area contributed by atoms with E-state index < -0.39 is 6.36 Å². The van der Waals surface area contributed by atoms with Gasteiger partial charge in [-0.3, -0.25) is 9.59 Å². The normalized spacial score (nSPS) is 15.9. The molecule has 31 heavy (non-hydrogen) atoms. The van der Waals surface area contributed by atoms with Crippen LogP contribution in [0.1, 0.15) is 18.4 Å². The van der Waals surface area contributed by atoms with E-state index in [0.717, 1.165) is 16.8 Å². The van der Waals surface area contributed by atoms with Crippen LogP contribution in [0.15, 0.2) is 54.1 Å². The molecule has 0 aliphatic carbocycles. The largest absolute Gasteiger partial charge is 0.573 e. The molecule has 162 valence electrons. The number of benzene rings is 2. The maximum atomic E-state index is 12.3. The lowest BCUT2D eigenvalue weighted by Gasteiger charge is -2.30. The molecule has 0 spiro atoms. The summed E-state index contributed by atoms with van der Waals surface area (Å²) < 4.78 is 45.8. The Balaban J connectivity index is 1.31. The van der Waals surface area contributed by atoms with E-state index in [9.17, 15) is 22.8 Å². The van der Waals surface area contributed by atoms with E-state index in [-0.39, 0.29) is 24.0 Å². The van der Waals surface area contributed by atoms with Crippen molar-refractivity contribution >= 4 is 23.3 Å². The molecule has 2 aliphatic heterocycles. The van der Waals surface area contributed by atoms with Gasteiger partial charge in [0.1, 0.15) is 11.5 Å². The minimum Gasteiger partial charge on any atom is -0.426 e. The summed E-state index contributed by atoms with van der Waals surface area (Å²) in [5, 5.41) is 2.78. The van der Waals surface area contributed by atoms with Gasteiger partial charge in [0, 0.05) is 42.2 Å². The van der Waals surface area contributed by atoms with E-state index >= 15 is 0 Å². The van der Waals surface area contributed by atoms with Crippen molar-refractivity contribution in [2.45, 2.75) is 25.6 Å². The zero-order chi connectivity index (χ0) is 22.0. The molecule has 0 aromatic heterocycles. The molecule has 0 atom stereocenters. The predicted molar refractivity (Wildman–Crippen MR) is 107 cm³/mol. The third-order valence-electron chi connectivity index (χ3n) is 5.07. The highest BCUT2D eigenvalue weighted by Gasteiger charge is 2.31. The summed E-state index contributed by atoms with van der Waals surface area (Å²) in [7, 11) is 0. The summed E-state index contributed by atoms with van der Waals surface area (Å²) in [5.74, 6) is -0.363. The summed E-state index contributed by atoms with van der Waals surface area (Å²) in [6.07, 6.45) is -1.58. The van der Waals surface area contributed by atoms with Gasteiger partial charge in [0.05, 0.1) is 6.42 Å². The van der Waals surface area contributed by atoms with Gasteiger partial charge < -0.3 is 19.7 Å². The van der Waals surface area contributed by atoms with Gasteiger partial charge in [0.2, 0.25) is 5.91 Å². The molecular weight excluding hydrogens is 413 g/mol. The summed E-state index contributed by atoms with van der Waals surface area (Å²) >= 11 is 0. The van der Waals surface area contributed by atoms with Crippen LogP contribution in [-0.4, -0.2) is 31.3 Å². The Morgan fingerprint density at radius 2 is 1.81 bits per heavy atom. The number of hydrogen-bond donors (Lipinski definition) is 1. The average Bonchev–Trinajstić information content (AvgIpc) is 3.07. The van der Waals surface area contributed by atoms with Crippen LogP contribution in [0.2, 0.25) is 0 Å². The quantitative estimate of drug-likeness (QED) is 0.445. The molecule has 6 nitrogen and oxygen atoms in total. The molecular formula is C22H19F3N2O4. The van der Waals surface area contributed by atoms with Crippen LogP contribution in [0.5, 0.6) is 11.5 Å². The van der Waals surface area contributed by atoms with Gasteiger partial charge >= 0.3 is 12.3 Å². The number of nitrogens with one attached hydrogen (secondary N) is 1. The Morgan fingerprint density at radius 1 is 1.10 bits per heavy atom.